The lowest BCUT2D eigenvalue weighted by Crippen LogP contribution is -3.12. The Bertz CT molecular complexity index is 1140. The van der Waals surface area contributed by atoms with E-state index >= 15 is 0 Å². The van der Waals surface area contributed by atoms with E-state index in [9.17, 15) is 0 Å². The van der Waals surface area contributed by atoms with Crippen LogP contribution in [0.5, 0.6) is 5.75 Å². The Kier molecular flexibility index (Phi) is 5.46. The predicted molar refractivity (Wildman–Crippen MR) is 118 cm³/mol. The van der Waals surface area contributed by atoms with Gasteiger partial charge in [-0.3, -0.25) is 0 Å². The van der Waals surface area contributed by atoms with Crippen LogP contribution in [0.25, 0.3) is 0 Å². The van der Waals surface area contributed by atoms with Crippen molar-refractivity contribution in [1.29, 1.82) is 0 Å². The van der Waals surface area contributed by atoms with Crippen molar-refractivity contribution in [3.63, 3.8) is 0 Å². The topological polar surface area (TPSA) is 57.3 Å². The highest BCUT2D eigenvalue weighted by molar-refractivity contribution is 5.29. The van der Waals surface area contributed by atoms with Crippen molar-refractivity contribution in [2.45, 2.75) is 25.6 Å². The van der Waals surface area contributed by atoms with Crippen LogP contribution in [0.4, 0.5) is 0 Å². The minimum atomic E-state index is 0.0720. The Morgan fingerprint density at radius 1 is 0.935 bits per heavy atom. The van der Waals surface area contributed by atoms with E-state index in [0.29, 0.717) is 6.54 Å². The summed E-state index contributed by atoms with van der Waals surface area (Å²) in [7, 11) is 1.68. The van der Waals surface area contributed by atoms with Gasteiger partial charge in [-0.15, -0.1) is 5.10 Å². The fraction of sp³-hybridized carbons (Fsp3) is 0.240. The summed E-state index contributed by atoms with van der Waals surface area (Å²) < 4.78 is 7.22. The van der Waals surface area contributed by atoms with Crippen molar-refractivity contribution in [2.24, 2.45) is 0 Å². The molecule has 5 rings (SSSR count). The Morgan fingerprint density at radius 3 is 2.45 bits per heavy atom. The minimum absolute atomic E-state index is 0.0720. The maximum atomic E-state index is 5.28. The molecule has 1 aliphatic heterocycles. The standard InChI is InChI=1S/C25H25N5O/c1-31-23-13-11-19(12-14-23)17-30-25(26-27-28-30)24(21-8-3-2-4-9-21)29-16-15-20-7-5-6-10-22(20)18-29/h2-14,24H,15-18H2,1H3/p+1/t24-/m0/s1. The van der Waals surface area contributed by atoms with Gasteiger partial charge >= 0.3 is 0 Å². The molecule has 0 radical (unpaired) electrons. The molecule has 1 aromatic heterocycles. The molecular weight excluding hydrogens is 386 g/mol. The number of benzene rings is 3. The van der Waals surface area contributed by atoms with Crippen LogP contribution >= 0.6 is 0 Å². The Labute approximate surface area is 182 Å². The second kappa shape index (κ2) is 8.70. The molecule has 31 heavy (non-hydrogen) atoms. The molecule has 1 unspecified atom stereocenters. The van der Waals surface area contributed by atoms with E-state index in [1.807, 2.05) is 16.8 Å². The molecule has 1 aliphatic rings. The van der Waals surface area contributed by atoms with Crippen molar-refractivity contribution in [1.82, 2.24) is 20.2 Å². The quantitative estimate of drug-likeness (QED) is 0.529. The predicted octanol–water partition coefficient (Wildman–Crippen LogP) is 2.46. The molecule has 0 bridgehead atoms. The van der Waals surface area contributed by atoms with Crippen LogP contribution in [0.2, 0.25) is 0 Å². The minimum Gasteiger partial charge on any atom is -0.497 e. The van der Waals surface area contributed by atoms with E-state index < -0.39 is 0 Å². The molecule has 2 heterocycles. The first-order valence-electron chi connectivity index (χ1n) is 10.7. The number of rotatable bonds is 6. The molecule has 156 valence electrons. The van der Waals surface area contributed by atoms with Gasteiger partial charge in [-0.1, -0.05) is 66.7 Å². The molecule has 6 nitrogen and oxygen atoms in total. The van der Waals surface area contributed by atoms with Gasteiger partial charge in [-0.05, 0) is 33.7 Å². The second-order valence-corrected chi connectivity index (χ2v) is 7.99. The number of aromatic nitrogens is 4. The van der Waals surface area contributed by atoms with Gasteiger partial charge in [0.1, 0.15) is 12.3 Å². The first-order valence-corrected chi connectivity index (χ1v) is 10.7. The van der Waals surface area contributed by atoms with Crippen LogP contribution in [0.15, 0.2) is 78.9 Å². The van der Waals surface area contributed by atoms with Crippen molar-refractivity contribution in [3.05, 3.63) is 107 Å². The number of nitrogens with one attached hydrogen (secondary N) is 1. The van der Waals surface area contributed by atoms with Crippen LogP contribution in [-0.4, -0.2) is 33.9 Å². The van der Waals surface area contributed by atoms with E-state index in [0.717, 1.165) is 36.6 Å². The van der Waals surface area contributed by atoms with E-state index in [-0.39, 0.29) is 6.04 Å². The normalized spacial score (nSPS) is 16.5. The van der Waals surface area contributed by atoms with Crippen LogP contribution in [0, 0.1) is 0 Å². The number of nitrogens with zero attached hydrogens (tertiary/aromatic N) is 4. The number of hydrogen-bond donors (Lipinski definition) is 1. The largest absolute Gasteiger partial charge is 0.497 e. The van der Waals surface area contributed by atoms with E-state index in [4.69, 9.17) is 4.74 Å². The number of tetrazole rings is 1. The summed E-state index contributed by atoms with van der Waals surface area (Å²) in [6.07, 6.45) is 1.06. The van der Waals surface area contributed by atoms with Crippen molar-refractivity contribution < 1.29 is 9.64 Å². The van der Waals surface area contributed by atoms with Crippen LogP contribution in [0.1, 0.15) is 34.1 Å². The van der Waals surface area contributed by atoms with Gasteiger partial charge in [-0.2, -0.15) is 0 Å². The highest BCUT2D eigenvalue weighted by atomic mass is 16.5. The van der Waals surface area contributed by atoms with Gasteiger partial charge in [0.05, 0.1) is 20.2 Å². The molecule has 1 N–H and O–H groups in total. The summed E-state index contributed by atoms with van der Waals surface area (Å²) in [5.74, 6) is 1.75. The molecular formula is C25H26N5O+. The first kappa shape index (κ1) is 19.5. The summed E-state index contributed by atoms with van der Waals surface area (Å²) in [4.78, 5) is 1.47. The fourth-order valence-electron chi connectivity index (χ4n) is 4.50. The highest BCUT2D eigenvalue weighted by Crippen LogP contribution is 2.21. The number of quaternary nitrogens is 1. The van der Waals surface area contributed by atoms with Crippen LogP contribution < -0.4 is 9.64 Å². The molecule has 0 aliphatic carbocycles. The lowest BCUT2D eigenvalue weighted by Gasteiger charge is -2.32. The summed E-state index contributed by atoms with van der Waals surface area (Å²) in [6.45, 7) is 2.64. The number of ether oxygens (including phenoxy) is 1. The summed E-state index contributed by atoms with van der Waals surface area (Å²) in [5, 5.41) is 12.9. The zero-order valence-electron chi connectivity index (χ0n) is 17.6. The molecule has 0 saturated heterocycles. The Morgan fingerprint density at radius 2 is 1.68 bits per heavy atom. The van der Waals surface area contributed by atoms with E-state index in [2.05, 4.69) is 82.3 Å². The zero-order chi connectivity index (χ0) is 21.0. The average Bonchev–Trinajstić information content (AvgIpc) is 3.28. The molecule has 4 aromatic rings. The maximum Gasteiger partial charge on any atom is 0.214 e. The third-order valence-corrected chi connectivity index (χ3v) is 6.10. The van der Waals surface area contributed by atoms with Crippen LogP contribution in [0.3, 0.4) is 0 Å². The van der Waals surface area contributed by atoms with Gasteiger partial charge in [0.25, 0.3) is 0 Å². The van der Waals surface area contributed by atoms with Gasteiger partial charge in [-0.25, -0.2) is 4.68 Å². The lowest BCUT2D eigenvalue weighted by atomic mass is 9.96. The molecule has 6 heteroatoms. The summed E-state index contributed by atoms with van der Waals surface area (Å²) in [5.41, 5.74) is 5.25. The monoisotopic (exact) mass is 412 g/mol. The number of fused-ring (bicyclic) bond motifs is 1. The average molecular weight is 413 g/mol. The highest BCUT2D eigenvalue weighted by Gasteiger charge is 2.33. The second-order valence-electron chi connectivity index (χ2n) is 7.99. The van der Waals surface area contributed by atoms with E-state index in [1.165, 1.54) is 21.6 Å². The fourth-order valence-corrected chi connectivity index (χ4v) is 4.50. The summed E-state index contributed by atoms with van der Waals surface area (Å²) in [6, 6.07) is 27.5. The summed E-state index contributed by atoms with van der Waals surface area (Å²) >= 11 is 0. The van der Waals surface area contributed by atoms with Crippen molar-refractivity contribution in [3.8, 4) is 5.75 Å². The van der Waals surface area contributed by atoms with Gasteiger partial charge in [0.15, 0.2) is 6.04 Å². The Hall–Kier alpha value is -3.51. The van der Waals surface area contributed by atoms with Gasteiger partial charge in [0.2, 0.25) is 5.82 Å². The first-order chi connectivity index (χ1) is 15.3. The maximum absolute atomic E-state index is 5.28. The molecule has 0 fully saturated rings. The van der Waals surface area contributed by atoms with Gasteiger partial charge < -0.3 is 9.64 Å². The molecule has 0 amide bonds. The number of hydrogen-bond acceptors (Lipinski definition) is 4. The van der Waals surface area contributed by atoms with Crippen LogP contribution in [-0.2, 0) is 19.5 Å². The third kappa shape index (κ3) is 4.07. The zero-order valence-corrected chi connectivity index (χ0v) is 17.6. The van der Waals surface area contributed by atoms with Crippen molar-refractivity contribution in [2.75, 3.05) is 13.7 Å². The van der Waals surface area contributed by atoms with E-state index in [1.54, 1.807) is 7.11 Å². The molecule has 0 saturated carbocycles. The SMILES string of the molecule is COc1ccc(Cn2nnnc2[C@H](c2ccccc2)[NH+]2CCc3ccccc3C2)cc1. The molecule has 3 aromatic carbocycles. The Balaban J connectivity index is 1.49. The van der Waals surface area contributed by atoms with Gasteiger partial charge in [0, 0.05) is 17.5 Å². The number of methoxy groups -OCH3 is 1. The lowest BCUT2D eigenvalue weighted by molar-refractivity contribution is -0.941. The molecule has 0 spiro atoms. The molecule has 2 atom stereocenters. The smallest absolute Gasteiger partial charge is 0.214 e. The van der Waals surface area contributed by atoms with Crippen molar-refractivity contribution >= 4 is 0 Å². The third-order valence-electron chi connectivity index (χ3n) is 6.10.